The number of hydrogen-bond acceptors (Lipinski definition) is 4. The second-order valence-electron chi connectivity index (χ2n) is 4.78. The molecule has 0 radical (unpaired) electrons. The Morgan fingerprint density at radius 3 is 3.12 bits per heavy atom. The molecule has 17 heavy (non-hydrogen) atoms. The first-order chi connectivity index (χ1) is 8.40. The number of tetrazole rings is 1. The third-order valence-corrected chi connectivity index (χ3v) is 4.00. The number of hydrogen-bond donors (Lipinski definition) is 2. The molecular formula is C11H12N6. The van der Waals surface area contributed by atoms with E-state index in [-0.39, 0.29) is 0 Å². The van der Waals surface area contributed by atoms with Crippen LogP contribution in [0.15, 0.2) is 12.7 Å². The van der Waals surface area contributed by atoms with Gasteiger partial charge in [-0.1, -0.05) is 6.08 Å². The second-order valence-corrected chi connectivity index (χ2v) is 4.78. The van der Waals surface area contributed by atoms with E-state index in [1.54, 1.807) is 0 Å². The molecule has 0 spiro atoms. The van der Waals surface area contributed by atoms with Gasteiger partial charge in [-0.2, -0.15) is 10.3 Å². The summed E-state index contributed by atoms with van der Waals surface area (Å²) in [6, 6.07) is 0. The molecule has 0 aromatic carbocycles. The number of H-pyrrole nitrogens is 2. The van der Waals surface area contributed by atoms with Gasteiger partial charge in [0.2, 0.25) is 5.82 Å². The Kier molecular flexibility index (Phi) is 1.62. The van der Waals surface area contributed by atoms with E-state index in [4.69, 9.17) is 0 Å². The van der Waals surface area contributed by atoms with Crippen molar-refractivity contribution in [1.82, 2.24) is 30.8 Å². The minimum absolute atomic E-state index is 0.587. The van der Waals surface area contributed by atoms with E-state index in [1.807, 2.05) is 6.08 Å². The van der Waals surface area contributed by atoms with Gasteiger partial charge in [0.15, 0.2) is 0 Å². The topological polar surface area (TPSA) is 83.1 Å². The Morgan fingerprint density at radius 2 is 2.35 bits per heavy atom. The predicted molar refractivity (Wildman–Crippen MR) is 60.0 cm³/mol. The van der Waals surface area contributed by atoms with Crippen molar-refractivity contribution < 1.29 is 0 Å². The van der Waals surface area contributed by atoms with Crippen LogP contribution in [-0.2, 0) is 6.42 Å². The van der Waals surface area contributed by atoms with Crippen LogP contribution in [0.25, 0.3) is 11.5 Å². The van der Waals surface area contributed by atoms with Crippen LogP contribution in [0.1, 0.15) is 23.6 Å². The van der Waals surface area contributed by atoms with Gasteiger partial charge in [-0.05, 0) is 29.9 Å². The molecule has 2 heterocycles. The number of nitrogens with one attached hydrogen (secondary N) is 2. The maximum Gasteiger partial charge on any atom is 0.225 e. The summed E-state index contributed by atoms with van der Waals surface area (Å²) in [7, 11) is 0. The van der Waals surface area contributed by atoms with Gasteiger partial charge in [-0.15, -0.1) is 16.8 Å². The molecule has 2 aliphatic carbocycles. The van der Waals surface area contributed by atoms with Gasteiger partial charge in [0.1, 0.15) is 5.69 Å². The Morgan fingerprint density at radius 1 is 1.41 bits per heavy atom. The lowest BCUT2D eigenvalue weighted by molar-refractivity contribution is 0.702. The maximum atomic E-state index is 4.32. The third-order valence-electron chi connectivity index (χ3n) is 4.00. The highest BCUT2D eigenvalue weighted by atomic mass is 15.5. The molecule has 2 aliphatic rings. The van der Waals surface area contributed by atoms with Crippen molar-refractivity contribution >= 4 is 0 Å². The number of rotatable bonds is 3. The van der Waals surface area contributed by atoms with Crippen molar-refractivity contribution in [3.63, 3.8) is 0 Å². The Bertz CT molecular complexity index is 569. The normalized spacial score (nSPS) is 28.8. The lowest BCUT2D eigenvalue weighted by Crippen LogP contribution is -1.93. The molecule has 0 unspecified atom stereocenters. The van der Waals surface area contributed by atoms with Crippen molar-refractivity contribution in [2.24, 2.45) is 11.8 Å². The molecule has 1 fully saturated rings. The molecular weight excluding hydrogens is 216 g/mol. The minimum atomic E-state index is 0.587. The zero-order valence-corrected chi connectivity index (χ0v) is 9.22. The van der Waals surface area contributed by atoms with Crippen LogP contribution in [0.2, 0.25) is 0 Å². The Balaban J connectivity index is 1.70. The van der Waals surface area contributed by atoms with Crippen LogP contribution >= 0.6 is 0 Å². The molecule has 0 amide bonds. The molecule has 0 bridgehead atoms. The predicted octanol–water partition coefficient (Wildman–Crippen LogP) is 1.05. The van der Waals surface area contributed by atoms with E-state index < -0.39 is 0 Å². The quantitative estimate of drug-likeness (QED) is 0.769. The summed E-state index contributed by atoms with van der Waals surface area (Å²) in [6.45, 7) is 3.81. The summed E-state index contributed by atoms with van der Waals surface area (Å²) in [4.78, 5) is 0. The summed E-state index contributed by atoms with van der Waals surface area (Å²) in [5.41, 5.74) is 3.42. The largest absolute Gasteiger partial charge is 0.281 e. The fourth-order valence-electron chi connectivity index (χ4n) is 3.21. The molecule has 0 aliphatic heterocycles. The van der Waals surface area contributed by atoms with Crippen molar-refractivity contribution in [2.45, 2.75) is 18.8 Å². The highest BCUT2D eigenvalue weighted by Crippen LogP contribution is 2.63. The number of fused-ring (bicyclic) bond motifs is 3. The van der Waals surface area contributed by atoms with Crippen LogP contribution in [0.5, 0.6) is 0 Å². The fraction of sp³-hybridized carbons (Fsp3) is 0.455. The van der Waals surface area contributed by atoms with Crippen LogP contribution in [-0.4, -0.2) is 30.8 Å². The van der Waals surface area contributed by atoms with Crippen molar-refractivity contribution in [2.75, 3.05) is 0 Å². The summed E-state index contributed by atoms with van der Waals surface area (Å²) < 4.78 is 0. The van der Waals surface area contributed by atoms with E-state index in [0.29, 0.717) is 11.7 Å². The summed E-state index contributed by atoms with van der Waals surface area (Å²) in [6.07, 6.45) is 4.20. The smallest absolute Gasteiger partial charge is 0.225 e. The van der Waals surface area contributed by atoms with Crippen LogP contribution < -0.4 is 0 Å². The van der Waals surface area contributed by atoms with E-state index in [0.717, 1.165) is 30.4 Å². The van der Waals surface area contributed by atoms with Crippen molar-refractivity contribution in [1.29, 1.82) is 0 Å². The first kappa shape index (κ1) is 9.09. The second kappa shape index (κ2) is 3.03. The van der Waals surface area contributed by atoms with Gasteiger partial charge in [0.05, 0.1) is 0 Å². The van der Waals surface area contributed by atoms with E-state index in [2.05, 4.69) is 37.4 Å². The van der Waals surface area contributed by atoms with Crippen LogP contribution in [0.3, 0.4) is 0 Å². The number of aromatic nitrogens is 6. The molecule has 2 N–H and O–H groups in total. The van der Waals surface area contributed by atoms with E-state index in [9.17, 15) is 0 Å². The molecule has 1 saturated carbocycles. The third kappa shape index (κ3) is 1.09. The summed E-state index contributed by atoms with van der Waals surface area (Å²) >= 11 is 0. The van der Waals surface area contributed by atoms with Crippen LogP contribution in [0.4, 0.5) is 0 Å². The van der Waals surface area contributed by atoms with Gasteiger partial charge in [-0.25, -0.2) is 0 Å². The van der Waals surface area contributed by atoms with Gasteiger partial charge in [0.25, 0.3) is 0 Å². The molecule has 3 atom stereocenters. The van der Waals surface area contributed by atoms with Gasteiger partial charge < -0.3 is 0 Å². The van der Waals surface area contributed by atoms with Crippen molar-refractivity contribution in [3.8, 4) is 11.5 Å². The standard InChI is InChI=1S/C11H12N6/c1-2-3-5-6-4-7-9(8(5)6)12-13-10(7)11-14-16-17-15-11/h2,5-6,8H,1,3-4H2,(H,12,13)(H,14,15,16,17)/t5-,6-,8+/m1/s1. The molecule has 86 valence electrons. The summed E-state index contributed by atoms with van der Waals surface area (Å²) in [5, 5.41) is 21.5. The molecule has 4 rings (SSSR count). The van der Waals surface area contributed by atoms with E-state index >= 15 is 0 Å². The first-order valence-corrected chi connectivity index (χ1v) is 5.82. The molecule has 6 heteroatoms. The lowest BCUT2D eigenvalue weighted by Gasteiger charge is -2.00. The lowest BCUT2D eigenvalue weighted by atomic mass is 10.0. The first-order valence-electron chi connectivity index (χ1n) is 5.82. The highest BCUT2D eigenvalue weighted by molar-refractivity contribution is 5.59. The zero-order valence-electron chi connectivity index (χ0n) is 9.22. The number of allylic oxidation sites excluding steroid dienone is 1. The Labute approximate surface area is 97.5 Å². The van der Waals surface area contributed by atoms with Crippen LogP contribution in [0, 0.1) is 11.8 Å². The number of aromatic amines is 2. The fourth-order valence-corrected chi connectivity index (χ4v) is 3.21. The van der Waals surface area contributed by atoms with Gasteiger partial charge >= 0.3 is 0 Å². The maximum absolute atomic E-state index is 4.32. The molecule has 2 aromatic heterocycles. The molecule has 0 saturated heterocycles. The highest BCUT2D eigenvalue weighted by Gasteiger charge is 2.56. The monoisotopic (exact) mass is 228 g/mol. The number of nitrogens with zero attached hydrogens (tertiary/aromatic N) is 4. The average molecular weight is 228 g/mol. The SMILES string of the molecule is C=CC[C@@H]1[C@H]2Cc3c(-c4nn[nH]n4)n[nH]c3[C@@H]12. The average Bonchev–Trinajstić information content (AvgIpc) is 2.82. The Hall–Kier alpha value is -1.98. The van der Waals surface area contributed by atoms with Crippen molar-refractivity contribution in [3.05, 3.63) is 23.9 Å². The molecule has 6 nitrogen and oxygen atoms in total. The minimum Gasteiger partial charge on any atom is -0.281 e. The van der Waals surface area contributed by atoms with Gasteiger partial charge in [-0.3, -0.25) is 5.10 Å². The zero-order chi connectivity index (χ0) is 11.4. The summed E-state index contributed by atoms with van der Waals surface area (Å²) in [5.74, 6) is 2.77. The van der Waals surface area contributed by atoms with Gasteiger partial charge in [0, 0.05) is 17.2 Å². The molecule has 2 aromatic rings. The van der Waals surface area contributed by atoms with E-state index in [1.165, 1.54) is 11.3 Å².